The van der Waals surface area contributed by atoms with Crippen molar-refractivity contribution in [2.24, 2.45) is 0 Å². The Bertz CT molecular complexity index is 747. The van der Waals surface area contributed by atoms with Gasteiger partial charge in [0.2, 0.25) is 0 Å². The first kappa shape index (κ1) is 20.9. The van der Waals surface area contributed by atoms with Gasteiger partial charge in [-0.25, -0.2) is 0 Å². The standard InChI is InChI=1S/C18H19I2NO3.ClH/c1-23-17-9-12-11(8-16(17)22)3-4-21-15(12)7-10-5-13(19)18(24-2)14(20)6-10;/h5-6,8-9,15,21-22H,3-4,7H2,1-2H3;1H. The van der Waals surface area contributed by atoms with Crippen LogP contribution >= 0.6 is 57.6 Å². The molecule has 0 fully saturated rings. The summed E-state index contributed by atoms with van der Waals surface area (Å²) in [5, 5.41) is 13.6. The number of nitrogens with one attached hydrogen (secondary N) is 1. The molecule has 0 amide bonds. The third-order valence-corrected chi connectivity index (χ3v) is 5.91. The molecule has 7 heteroatoms. The molecule has 1 aliphatic rings. The third-order valence-electron chi connectivity index (χ3n) is 4.30. The minimum Gasteiger partial charge on any atom is -0.504 e. The molecular formula is C18H20ClI2NO3. The van der Waals surface area contributed by atoms with Crippen molar-refractivity contribution >= 4 is 57.6 Å². The number of phenolic OH excluding ortho intramolecular Hbond substituents is 1. The molecule has 4 nitrogen and oxygen atoms in total. The van der Waals surface area contributed by atoms with Gasteiger partial charge in [-0.3, -0.25) is 0 Å². The number of methoxy groups -OCH3 is 2. The van der Waals surface area contributed by atoms with E-state index in [-0.39, 0.29) is 24.2 Å². The molecule has 2 N–H and O–H groups in total. The van der Waals surface area contributed by atoms with Crippen molar-refractivity contribution in [3.63, 3.8) is 0 Å². The monoisotopic (exact) mass is 587 g/mol. The van der Waals surface area contributed by atoms with Crippen molar-refractivity contribution in [1.82, 2.24) is 5.32 Å². The van der Waals surface area contributed by atoms with Crippen LogP contribution in [0.4, 0.5) is 0 Å². The van der Waals surface area contributed by atoms with Gasteiger partial charge in [-0.1, -0.05) is 0 Å². The van der Waals surface area contributed by atoms with Crippen LogP contribution in [0.25, 0.3) is 0 Å². The van der Waals surface area contributed by atoms with Crippen LogP contribution < -0.4 is 14.8 Å². The highest BCUT2D eigenvalue weighted by Crippen LogP contribution is 2.36. The number of halogens is 3. The quantitative estimate of drug-likeness (QED) is 0.519. The molecule has 2 aromatic carbocycles. The molecule has 1 heterocycles. The highest BCUT2D eigenvalue weighted by atomic mass is 127. The highest BCUT2D eigenvalue weighted by molar-refractivity contribution is 14.1. The van der Waals surface area contributed by atoms with Gasteiger partial charge in [0, 0.05) is 6.04 Å². The van der Waals surface area contributed by atoms with E-state index in [0.717, 1.165) is 32.3 Å². The second-order valence-electron chi connectivity index (χ2n) is 5.78. The van der Waals surface area contributed by atoms with Crippen LogP contribution in [0, 0.1) is 7.14 Å². The Morgan fingerprint density at radius 3 is 2.40 bits per heavy atom. The van der Waals surface area contributed by atoms with Gasteiger partial charge in [0.05, 0.1) is 21.4 Å². The van der Waals surface area contributed by atoms with Crippen molar-refractivity contribution in [3.8, 4) is 17.2 Å². The summed E-state index contributed by atoms with van der Waals surface area (Å²) in [5.74, 6) is 1.68. The van der Waals surface area contributed by atoms with Crippen molar-refractivity contribution in [2.45, 2.75) is 18.9 Å². The van der Waals surface area contributed by atoms with Gasteiger partial charge >= 0.3 is 0 Å². The second-order valence-corrected chi connectivity index (χ2v) is 8.10. The number of hydrogen-bond acceptors (Lipinski definition) is 4. The van der Waals surface area contributed by atoms with Gasteiger partial charge in [0.25, 0.3) is 0 Å². The van der Waals surface area contributed by atoms with Crippen LogP contribution in [0.2, 0.25) is 0 Å². The molecule has 0 saturated heterocycles. The first-order chi connectivity index (χ1) is 11.5. The van der Waals surface area contributed by atoms with Gasteiger partial charge in [0.15, 0.2) is 11.5 Å². The largest absolute Gasteiger partial charge is 0.504 e. The molecule has 0 saturated carbocycles. The lowest BCUT2D eigenvalue weighted by molar-refractivity contribution is 0.370. The Kier molecular flexibility index (Phi) is 7.48. The van der Waals surface area contributed by atoms with E-state index in [1.165, 1.54) is 16.7 Å². The summed E-state index contributed by atoms with van der Waals surface area (Å²) in [6.45, 7) is 0.910. The minimum atomic E-state index is 0. The molecule has 1 atom stereocenters. The summed E-state index contributed by atoms with van der Waals surface area (Å²) in [6, 6.07) is 8.36. The zero-order valence-corrected chi connectivity index (χ0v) is 19.1. The van der Waals surface area contributed by atoms with Crippen LogP contribution in [-0.2, 0) is 12.8 Å². The van der Waals surface area contributed by atoms with Crippen molar-refractivity contribution < 1.29 is 14.6 Å². The van der Waals surface area contributed by atoms with E-state index >= 15 is 0 Å². The van der Waals surface area contributed by atoms with E-state index in [9.17, 15) is 5.11 Å². The Morgan fingerprint density at radius 1 is 1.12 bits per heavy atom. The zero-order chi connectivity index (χ0) is 17.3. The molecule has 1 aliphatic heterocycles. The lowest BCUT2D eigenvalue weighted by atomic mass is 9.90. The Labute approximate surface area is 181 Å². The molecule has 136 valence electrons. The molecule has 0 bridgehead atoms. The van der Waals surface area contributed by atoms with E-state index in [1.54, 1.807) is 14.2 Å². The lowest BCUT2D eigenvalue weighted by Gasteiger charge is -2.28. The summed E-state index contributed by atoms with van der Waals surface area (Å²) < 4.78 is 13.0. The number of fused-ring (bicyclic) bond motifs is 1. The number of rotatable bonds is 4. The molecule has 0 radical (unpaired) electrons. The number of ether oxygens (including phenoxy) is 2. The first-order valence-corrected chi connectivity index (χ1v) is 9.84. The second kappa shape index (κ2) is 8.96. The van der Waals surface area contributed by atoms with Gasteiger partial charge in [-0.2, -0.15) is 0 Å². The number of aromatic hydroxyl groups is 1. The van der Waals surface area contributed by atoms with Gasteiger partial charge in [0.1, 0.15) is 5.75 Å². The maximum absolute atomic E-state index is 10.0. The van der Waals surface area contributed by atoms with Crippen LogP contribution in [-0.4, -0.2) is 25.9 Å². The average Bonchev–Trinajstić information content (AvgIpc) is 2.54. The topological polar surface area (TPSA) is 50.7 Å². The van der Waals surface area contributed by atoms with Crippen LogP contribution in [0.15, 0.2) is 24.3 Å². The third kappa shape index (κ3) is 4.45. The first-order valence-electron chi connectivity index (χ1n) is 7.68. The molecule has 25 heavy (non-hydrogen) atoms. The number of phenols is 1. The molecular weight excluding hydrogens is 567 g/mol. The van der Waals surface area contributed by atoms with E-state index in [2.05, 4.69) is 62.6 Å². The molecule has 0 aliphatic carbocycles. The number of benzene rings is 2. The van der Waals surface area contributed by atoms with Crippen molar-refractivity contribution in [1.29, 1.82) is 0 Å². The molecule has 3 rings (SSSR count). The van der Waals surface area contributed by atoms with E-state index < -0.39 is 0 Å². The maximum Gasteiger partial charge on any atom is 0.160 e. The fourth-order valence-corrected chi connectivity index (χ4v) is 5.50. The van der Waals surface area contributed by atoms with E-state index in [0.29, 0.717) is 5.75 Å². The van der Waals surface area contributed by atoms with Crippen LogP contribution in [0.5, 0.6) is 17.2 Å². The predicted molar refractivity (Wildman–Crippen MR) is 118 cm³/mol. The Hall–Kier alpha value is -0.450. The van der Waals surface area contributed by atoms with E-state index in [1.807, 2.05) is 12.1 Å². The Balaban J connectivity index is 0.00000225. The molecule has 2 aromatic rings. The maximum atomic E-state index is 10.0. The van der Waals surface area contributed by atoms with Crippen molar-refractivity contribution in [2.75, 3.05) is 20.8 Å². The van der Waals surface area contributed by atoms with Crippen LogP contribution in [0.3, 0.4) is 0 Å². The number of hydrogen-bond donors (Lipinski definition) is 2. The fourth-order valence-electron chi connectivity index (χ4n) is 3.17. The normalized spacial score (nSPS) is 15.9. The minimum absolute atomic E-state index is 0. The molecule has 0 spiro atoms. The van der Waals surface area contributed by atoms with Crippen LogP contribution in [0.1, 0.15) is 22.7 Å². The van der Waals surface area contributed by atoms with E-state index in [4.69, 9.17) is 9.47 Å². The zero-order valence-electron chi connectivity index (χ0n) is 13.9. The highest BCUT2D eigenvalue weighted by Gasteiger charge is 2.23. The molecule has 0 aromatic heterocycles. The summed E-state index contributed by atoms with van der Waals surface area (Å²) in [5.41, 5.74) is 3.66. The van der Waals surface area contributed by atoms with Gasteiger partial charge in [-0.05, 0) is 106 Å². The summed E-state index contributed by atoms with van der Waals surface area (Å²) in [6.07, 6.45) is 1.80. The predicted octanol–water partition coefficient (Wildman–Crippen LogP) is 4.47. The average molecular weight is 588 g/mol. The Morgan fingerprint density at radius 2 is 1.80 bits per heavy atom. The SMILES string of the molecule is COc1cc2c(cc1O)CCNC2Cc1cc(I)c(OC)c(I)c1.Cl. The van der Waals surface area contributed by atoms with Crippen molar-refractivity contribution in [3.05, 3.63) is 48.1 Å². The summed E-state index contributed by atoms with van der Waals surface area (Å²) >= 11 is 4.64. The lowest BCUT2D eigenvalue weighted by Crippen LogP contribution is -2.31. The summed E-state index contributed by atoms with van der Waals surface area (Å²) in [7, 11) is 3.29. The summed E-state index contributed by atoms with van der Waals surface area (Å²) in [4.78, 5) is 0. The fraction of sp³-hybridized carbons (Fsp3) is 0.333. The molecule has 1 unspecified atom stereocenters. The van der Waals surface area contributed by atoms with Gasteiger partial charge in [-0.15, -0.1) is 12.4 Å². The smallest absolute Gasteiger partial charge is 0.160 e. The van der Waals surface area contributed by atoms with Gasteiger partial charge < -0.3 is 19.9 Å².